The number of rotatable bonds is 7. The first kappa shape index (κ1) is 18.6. The van der Waals surface area contributed by atoms with E-state index in [4.69, 9.17) is 21.3 Å². The number of para-hydroxylation sites is 1. The maximum atomic E-state index is 13.2. The van der Waals surface area contributed by atoms with Gasteiger partial charge in [-0.15, -0.1) is 0 Å². The maximum Gasteiger partial charge on any atom is 0.266 e. The number of halogens is 1. The van der Waals surface area contributed by atoms with Crippen LogP contribution in [-0.2, 0) is 4.74 Å². The maximum absolute atomic E-state index is 13.2. The molecule has 0 aliphatic rings. The third-order valence-corrected chi connectivity index (χ3v) is 4.62. The molecule has 0 aliphatic carbocycles. The predicted octanol–water partition coefficient (Wildman–Crippen LogP) is 2.70. The largest absolute Gasteiger partial charge is 0.384 e. The van der Waals surface area contributed by atoms with Crippen LogP contribution in [0.4, 0.5) is 0 Å². The van der Waals surface area contributed by atoms with Crippen molar-refractivity contribution in [3.05, 3.63) is 69.7 Å². The van der Waals surface area contributed by atoms with Crippen LogP contribution in [0.2, 0.25) is 5.02 Å². The Hall–Kier alpha value is -2.21. The van der Waals surface area contributed by atoms with Gasteiger partial charge in [0.25, 0.3) is 5.56 Å². The van der Waals surface area contributed by atoms with Gasteiger partial charge >= 0.3 is 0 Å². The Bertz CT molecular complexity index is 938. The van der Waals surface area contributed by atoms with E-state index >= 15 is 0 Å². The minimum Gasteiger partial charge on any atom is -0.384 e. The van der Waals surface area contributed by atoms with Crippen LogP contribution in [-0.4, -0.2) is 29.8 Å². The van der Waals surface area contributed by atoms with Crippen molar-refractivity contribution in [3.8, 4) is 5.69 Å². The molecule has 0 unspecified atom stereocenters. The normalized spacial score (nSPS) is 12.4. The van der Waals surface area contributed by atoms with E-state index in [1.807, 2.05) is 36.4 Å². The molecule has 26 heavy (non-hydrogen) atoms. The minimum absolute atomic E-state index is 0.0276. The fourth-order valence-corrected chi connectivity index (χ4v) is 3.12. The number of nitrogens with zero attached hydrogens (tertiary/aromatic N) is 2. The van der Waals surface area contributed by atoms with Gasteiger partial charge in [0.2, 0.25) is 0 Å². The van der Waals surface area contributed by atoms with E-state index in [2.05, 4.69) is 12.2 Å². The molecule has 0 saturated carbocycles. The van der Waals surface area contributed by atoms with Gasteiger partial charge < -0.3 is 10.1 Å². The first-order valence-corrected chi connectivity index (χ1v) is 9.09. The zero-order chi connectivity index (χ0) is 18.5. The number of ether oxygens (including phenoxy) is 1. The molecular formula is C20H23ClN3O2+. The highest BCUT2D eigenvalue weighted by atomic mass is 35.5. The molecule has 3 rings (SSSR count). The highest BCUT2D eigenvalue weighted by molar-refractivity contribution is 6.30. The van der Waals surface area contributed by atoms with E-state index in [-0.39, 0.29) is 11.6 Å². The van der Waals surface area contributed by atoms with Crippen LogP contribution in [0.1, 0.15) is 25.2 Å². The fraction of sp³-hybridized carbons (Fsp3) is 0.300. The third kappa shape index (κ3) is 3.96. The summed E-state index contributed by atoms with van der Waals surface area (Å²) in [6, 6.07) is 14.8. The number of fused-ring (bicyclic) bond motifs is 1. The van der Waals surface area contributed by atoms with E-state index in [9.17, 15) is 4.79 Å². The molecule has 0 spiro atoms. The highest BCUT2D eigenvalue weighted by Crippen LogP contribution is 2.18. The molecule has 1 atom stereocenters. The quantitative estimate of drug-likeness (QED) is 0.649. The van der Waals surface area contributed by atoms with Crippen molar-refractivity contribution in [2.24, 2.45) is 0 Å². The summed E-state index contributed by atoms with van der Waals surface area (Å²) in [5.74, 6) is 0.730. The molecule has 0 radical (unpaired) electrons. The molecule has 0 amide bonds. The van der Waals surface area contributed by atoms with Crippen LogP contribution in [0.15, 0.2) is 53.3 Å². The number of methoxy groups -OCH3 is 1. The van der Waals surface area contributed by atoms with E-state index in [1.165, 1.54) is 0 Å². The van der Waals surface area contributed by atoms with Crippen LogP contribution in [0, 0.1) is 0 Å². The highest BCUT2D eigenvalue weighted by Gasteiger charge is 2.19. The lowest BCUT2D eigenvalue weighted by Crippen LogP contribution is -2.85. The lowest BCUT2D eigenvalue weighted by molar-refractivity contribution is -0.694. The summed E-state index contributed by atoms with van der Waals surface area (Å²) in [7, 11) is 1.70. The monoisotopic (exact) mass is 372 g/mol. The number of hydrogen-bond donors (Lipinski definition) is 1. The molecule has 0 bridgehead atoms. The molecule has 1 heterocycles. The minimum atomic E-state index is -0.0648. The van der Waals surface area contributed by atoms with Crippen molar-refractivity contribution in [2.45, 2.75) is 19.4 Å². The van der Waals surface area contributed by atoms with Gasteiger partial charge in [-0.3, -0.25) is 9.36 Å². The van der Waals surface area contributed by atoms with Crippen LogP contribution >= 0.6 is 11.6 Å². The van der Waals surface area contributed by atoms with Gasteiger partial charge in [0.05, 0.1) is 29.7 Å². The molecule has 2 N–H and O–H groups in total. The molecule has 0 aliphatic heterocycles. The Kier molecular flexibility index (Phi) is 6.04. The second-order valence-electron chi connectivity index (χ2n) is 6.26. The van der Waals surface area contributed by atoms with E-state index in [1.54, 1.807) is 23.8 Å². The van der Waals surface area contributed by atoms with Gasteiger partial charge in [0.15, 0.2) is 5.82 Å². The van der Waals surface area contributed by atoms with E-state index < -0.39 is 0 Å². The number of hydrogen-bond acceptors (Lipinski definition) is 3. The fourth-order valence-electron chi connectivity index (χ4n) is 3.00. The van der Waals surface area contributed by atoms with Gasteiger partial charge in [0.1, 0.15) is 6.04 Å². The van der Waals surface area contributed by atoms with Crippen LogP contribution < -0.4 is 10.9 Å². The SMILES string of the molecule is COCCC[NH2+][C@H](C)c1nc2ccccc2c(=O)n1-c1ccc(Cl)cc1. The van der Waals surface area contributed by atoms with Crippen LogP contribution in [0.3, 0.4) is 0 Å². The van der Waals surface area contributed by atoms with Gasteiger partial charge in [-0.2, -0.15) is 0 Å². The van der Waals surface area contributed by atoms with Crippen molar-refractivity contribution >= 4 is 22.5 Å². The van der Waals surface area contributed by atoms with Crippen molar-refractivity contribution < 1.29 is 10.1 Å². The van der Waals surface area contributed by atoms with Crippen LogP contribution in [0.25, 0.3) is 16.6 Å². The number of nitrogens with two attached hydrogens (primary N) is 1. The van der Waals surface area contributed by atoms with Gasteiger partial charge in [-0.05, 0) is 43.3 Å². The Labute approximate surface area is 157 Å². The second-order valence-corrected chi connectivity index (χ2v) is 6.70. The molecule has 5 nitrogen and oxygen atoms in total. The van der Waals surface area contributed by atoms with Crippen molar-refractivity contribution in [1.82, 2.24) is 9.55 Å². The Morgan fingerprint density at radius 1 is 1.19 bits per heavy atom. The third-order valence-electron chi connectivity index (χ3n) is 4.37. The molecule has 0 fully saturated rings. The Balaban J connectivity index is 2.08. The molecular weight excluding hydrogens is 350 g/mol. The predicted molar refractivity (Wildman–Crippen MR) is 104 cm³/mol. The lowest BCUT2D eigenvalue weighted by atomic mass is 10.2. The topological polar surface area (TPSA) is 60.7 Å². The van der Waals surface area contributed by atoms with Gasteiger partial charge in [0, 0.05) is 18.6 Å². The number of aromatic nitrogens is 2. The Morgan fingerprint density at radius 2 is 1.92 bits per heavy atom. The van der Waals surface area contributed by atoms with Gasteiger partial charge in [-0.1, -0.05) is 23.7 Å². The summed E-state index contributed by atoms with van der Waals surface area (Å²) in [6.45, 7) is 3.69. The summed E-state index contributed by atoms with van der Waals surface area (Å²) in [5.41, 5.74) is 1.42. The molecule has 0 saturated heterocycles. The molecule has 2 aromatic carbocycles. The number of benzene rings is 2. The summed E-state index contributed by atoms with van der Waals surface area (Å²) in [4.78, 5) is 18.0. The summed E-state index contributed by atoms with van der Waals surface area (Å²) >= 11 is 6.01. The van der Waals surface area contributed by atoms with E-state index in [0.29, 0.717) is 10.4 Å². The lowest BCUT2D eigenvalue weighted by Gasteiger charge is -2.17. The summed E-state index contributed by atoms with van der Waals surface area (Å²) in [6.07, 6.45) is 0.944. The van der Waals surface area contributed by atoms with Crippen LogP contribution in [0.5, 0.6) is 0 Å². The standard InChI is InChI=1S/C20H22ClN3O2/c1-14(22-12-5-13-26-2)19-23-18-7-4-3-6-17(18)20(25)24(19)16-10-8-15(21)9-11-16/h3-4,6-11,14,22H,5,12-13H2,1-2H3/p+1/t14-/m1/s1. The summed E-state index contributed by atoms with van der Waals surface area (Å²) < 4.78 is 6.80. The average Bonchev–Trinajstić information content (AvgIpc) is 2.66. The first-order chi connectivity index (χ1) is 12.6. The molecule has 3 aromatic rings. The molecule has 6 heteroatoms. The zero-order valence-corrected chi connectivity index (χ0v) is 15.7. The molecule has 1 aromatic heterocycles. The first-order valence-electron chi connectivity index (χ1n) is 8.71. The van der Waals surface area contributed by atoms with Crippen molar-refractivity contribution in [3.63, 3.8) is 0 Å². The smallest absolute Gasteiger partial charge is 0.266 e. The van der Waals surface area contributed by atoms with E-state index in [0.717, 1.165) is 36.6 Å². The van der Waals surface area contributed by atoms with Crippen molar-refractivity contribution in [1.29, 1.82) is 0 Å². The average molecular weight is 373 g/mol. The van der Waals surface area contributed by atoms with Crippen molar-refractivity contribution in [2.75, 3.05) is 20.3 Å². The molecule has 136 valence electrons. The van der Waals surface area contributed by atoms with Gasteiger partial charge in [-0.25, -0.2) is 4.98 Å². The summed E-state index contributed by atoms with van der Waals surface area (Å²) in [5, 5.41) is 3.43. The zero-order valence-electron chi connectivity index (χ0n) is 15.0. The second kappa shape index (κ2) is 8.45. The number of quaternary nitrogens is 1. The Morgan fingerprint density at radius 3 is 2.65 bits per heavy atom.